The lowest BCUT2D eigenvalue weighted by molar-refractivity contribution is -0.131. The van der Waals surface area contributed by atoms with Crippen molar-refractivity contribution in [3.05, 3.63) is 83.7 Å². The maximum atomic E-state index is 12.6. The number of anilines is 1. The second-order valence-electron chi connectivity index (χ2n) is 9.47. The number of aromatic nitrogens is 4. The van der Waals surface area contributed by atoms with E-state index in [2.05, 4.69) is 15.3 Å². The van der Waals surface area contributed by atoms with Gasteiger partial charge in [-0.1, -0.05) is 54.6 Å². The predicted octanol–water partition coefficient (Wildman–Crippen LogP) is 3.52. The molecule has 1 aliphatic rings. The van der Waals surface area contributed by atoms with Crippen LogP contribution < -0.4 is 11.1 Å². The Bertz CT molecular complexity index is 1510. The second kappa shape index (κ2) is 9.85. The minimum Gasteiger partial charge on any atom is -0.383 e. The molecule has 4 aromatic rings. The van der Waals surface area contributed by atoms with E-state index in [0.29, 0.717) is 41.1 Å². The third-order valence-electron chi connectivity index (χ3n) is 6.72. The molecule has 188 valence electrons. The maximum absolute atomic E-state index is 12.6. The number of rotatable bonds is 6. The van der Waals surface area contributed by atoms with Crippen LogP contribution in [0.5, 0.6) is 0 Å². The Morgan fingerprint density at radius 3 is 2.57 bits per heavy atom. The van der Waals surface area contributed by atoms with Gasteiger partial charge >= 0.3 is 0 Å². The van der Waals surface area contributed by atoms with E-state index in [-0.39, 0.29) is 23.8 Å². The second-order valence-corrected chi connectivity index (χ2v) is 9.47. The van der Waals surface area contributed by atoms with E-state index < -0.39 is 0 Å². The van der Waals surface area contributed by atoms with Gasteiger partial charge in [0.15, 0.2) is 5.65 Å². The average molecular weight is 496 g/mol. The summed E-state index contributed by atoms with van der Waals surface area (Å²) in [4.78, 5) is 35.3. The lowest BCUT2D eigenvalue weighted by Crippen LogP contribution is -2.28. The first-order chi connectivity index (χ1) is 17.8. The minimum atomic E-state index is -0.198. The van der Waals surface area contributed by atoms with E-state index in [1.54, 1.807) is 19.0 Å². The fraction of sp³-hybridized carbons (Fsp3) is 0.250. The number of fused-ring (bicyclic) bond motifs is 1. The molecule has 2 aromatic heterocycles. The van der Waals surface area contributed by atoms with Gasteiger partial charge in [0.1, 0.15) is 17.8 Å². The van der Waals surface area contributed by atoms with Crippen LogP contribution in [-0.2, 0) is 11.3 Å². The number of nitrogens with zero attached hydrogens (tertiary/aromatic N) is 5. The summed E-state index contributed by atoms with van der Waals surface area (Å²) in [6.07, 6.45) is 5.98. The number of hydrogen-bond acceptors (Lipinski definition) is 6. The molecule has 0 saturated heterocycles. The molecule has 2 aromatic carbocycles. The zero-order chi connectivity index (χ0) is 26.1. The number of amides is 2. The summed E-state index contributed by atoms with van der Waals surface area (Å²) in [7, 11) is 3.52. The minimum absolute atomic E-state index is 0.0645. The fourth-order valence-electron chi connectivity index (χ4n) is 4.69. The van der Waals surface area contributed by atoms with Crippen molar-refractivity contribution in [2.75, 3.05) is 19.8 Å². The van der Waals surface area contributed by atoms with Gasteiger partial charge in [0.25, 0.3) is 5.91 Å². The summed E-state index contributed by atoms with van der Waals surface area (Å²) in [6.45, 7) is 2.33. The smallest absolute Gasteiger partial charge is 0.251 e. The molecule has 9 nitrogen and oxygen atoms in total. The van der Waals surface area contributed by atoms with E-state index in [1.807, 2.05) is 72.3 Å². The Hall–Kier alpha value is -4.53. The zero-order valence-corrected chi connectivity index (χ0v) is 21.0. The first-order valence-corrected chi connectivity index (χ1v) is 12.1. The molecule has 2 amide bonds. The number of carbonyl (C=O) groups excluding carboxylic acids is 2. The van der Waals surface area contributed by atoms with Crippen LogP contribution in [0.25, 0.3) is 22.3 Å². The van der Waals surface area contributed by atoms with Crippen molar-refractivity contribution >= 4 is 28.7 Å². The molecular formula is C28H29N7O2. The van der Waals surface area contributed by atoms with Crippen molar-refractivity contribution < 1.29 is 9.59 Å². The molecule has 2 unspecified atom stereocenters. The number of nitrogen functional groups attached to an aromatic ring is 1. The summed E-state index contributed by atoms with van der Waals surface area (Å²) in [5, 5.41) is 8.54. The van der Waals surface area contributed by atoms with Gasteiger partial charge in [-0.3, -0.25) is 9.59 Å². The number of aryl methyl sites for hydroxylation is 1. The van der Waals surface area contributed by atoms with Gasteiger partial charge in [-0.25, -0.2) is 14.6 Å². The van der Waals surface area contributed by atoms with Crippen molar-refractivity contribution in [3.63, 3.8) is 0 Å². The molecule has 0 fully saturated rings. The number of hydrogen-bond donors (Lipinski definition) is 2. The van der Waals surface area contributed by atoms with Gasteiger partial charge in [-0.05, 0) is 30.5 Å². The average Bonchev–Trinajstić information content (AvgIpc) is 3.53. The zero-order valence-electron chi connectivity index (χ0n) is 21.0. The number of allylic oxidation sites excluding steroid dienone is 1. The van der Waals surface area contributed by atoms with Gasteiger partial charge in [0.05, 0.1) is 17.3 Å². The topological polar surface area (TPSA) is 119 Å². The van der Waals surface area contributed by atoms with Crippen LogP contribution in [0, 0.1) is 12.8 Å². The first kappa shape index (κ1) is 24.2. The normalized spacial score (nSPS) is 16.7. The Kier molecular flexibility index (Phi) is 6.43. The summed E-state index contributed by atoms with van der Waals surface area (Å²) < 4.78 is 1.83. The number of nitrogens with one attached hydrogen (secondary N) is 1. The van der Waals surface area contributed by atoms with Crippen molar-refractivity contribution in [1.82, 2.24) is 30.0 Å². The fourth-order valence-corrected chi connectivity index (χ4v) is 4.69. The van der Waals surface area contributed by atoms with Crippen LogP contribution in [0.1, 0.15) is 33.9 Å². The van der Waals surface area contributed by atoms with Gasteiger partial charge in [-0.2, -0.15) is 5.10 Å². The molecule has 0 saturated carbocycles. The molecule has 37 heavy (non-hydrogen) atoms. The molecule has 0 aliphatic heterocycles. The number of benzene rings is 2. The van der Waals surface area contributed by atoms with Crippen molar-refractivity contribution in [2.45, 2.75) is 25.9 Å². The van der Waals surface area contributed by atoms with Gasteiger partial charge < -0.3 is 16.0 Å². The molecule has 0 spiro atoms. The summed E-state index contributed by atoms with van der Waals surface area (Å²) in [6, 6.07) is 15.2. The Morgan fingerprint density at radius 1 is 1.08 bits per heavy atom. The summed E-state index contributed by atoms with van der Waals surface area (Å²) in [5.41, 5.74) is 11.0. The van der Waals surface area contributed by atoms with Crippen LogP contribution in [0.2, 0.25) is 0 Å². The van der Waals surface area contributed by atoms with Gasteiger partial charge in [0.2, 0.25) is 5.91 Å². The predicted molar refractivity (Wildman–Crippen MR) is 142 cm³/mol. The summed E-state index contributed by atoms with van der Waals surface area (Å²) >= 11 is 0. The molecule has 0 bridgehead atoms. The highest BCUT2D eigenvalue weighted by molar-refractivity contribution is 5.98. The van der Waals surface area contributed by atoms with Crippen LogP contribution in [0.15, 0.2) is 67.0 Å². The lowest BCUT2D eigenvalue weighted by atomic mass is 10.1. The van der Waals surface area contributed by atoms with E-state index in [1.165, 1.54) is 6.33 Å². The van der Waals surface area contributed by atoms with Crippen molar-refractivity contribution in [1.29, 1.82) is 0 Å². The van der Waals surface area contributed by atoms with E-state index in [4.69, 9.17) is 10.8 Å². The maximum Gasteiger partial charge on any atom is 0.251 e. The molecule has 9 heteroatoms. The molecular weight excluding hydrogens is 466 g/mol. The van der Waals surface area contributed by atoms with Crippen LogP contribution in [0.4, 0.5) is 5.82 Å². The summed E-state index contributed by atoms with van der Waals surface area (Å²) in [5.74, 6) is 0.113. The van der Waals surface area contributed by atoms with E-state index >= 15 is 0 Å². The van der Waals surface area contributed by atoms with Crippen LogP contribution in [-0.4, -0.2) is 50.6 Å². The van der Waals surface area contributed by atoms with E-state index in [0.717, 1.165) is 16.7 Å². The Morgan fingerprint density at radius 2 is 1.84 bits per heavy atom. The molecule has 5 rings (SSSR count). The highest BCUT2D eigenvalue weighted by atomic mass is 16.2. The largest absolute Gasteiger partial charge is 0.383 e. The van der Waals surface area contributed by atoms with E-state index in [9.17, 15) is 9.59 Å². The standard InChI is InChI=1S/C28H29N7O2/c1-17-6-4-5-7-22(17)27(36)30-15-18-8-10-19(11-9-18)24-23-25(29)31-16-32-26(23)35(33-24)21-13-12-20(14-21)28(37)34(2)3/h4-13,16,20-21H,14-15H2,1-3H3,(H,30,36)(H2,29,31,32). The molecule has 2 heterocycles. The van der Waals surface area contributed by atoms with Crippen molar-refractivity contribution in [3.8, 4) is 11.3 Å². The third kappa shape index (κ3) is 4.67. The SMILES string of the molecule is Cc1ccccc1C(=O)NCc1ccc(-c2nn(C3C=CC(C(=O)N(C)C)C3)c3ncnc(N)c23)cc1. The quantitative estimate of drug-likeness (QED) is 0.395. The number of carbonyl (C=O) groups is 2. The number of nitrogens with two attached hydrogens (primary N) is 1. The highest BCUT2D eigenvalue weighted by Gasteiger charge is 2.30. The van der Waals surface area contributed by atoms with Gasteiger partial charge in [0, 0.05) is 31.8 Å². The molecule has 2 atom stereocenters. The molecule has 3 N–H and O–H groups in total. The van der Waals surface area contributed by atoms with Crippen LogP contribution in [0.3, 0.4) is 0 Å². The van der Waals surface area contributed by atoms with Gasteiger partial charge in [-0.15, -0.1) is 0 Å². The lowest BCUT2D eigenvalue weighted by Gasteiger charge is -2.16. The van der Waals surface area contributed by atoms with Crippen molar-refractivity contribution in [2.24, 2.45) is 5.92 Å². The Balaban J connectivity index is 1.39. The molecule has 1 aliphatic carbocycles. The Labute approximate surface area is 215 Å². The highest BCUT2D eigenvalue weighted by Crippen LogP contribution is 2.36. The van der Waals surface area contributed by atoms with Crippen LogP contribution >= 0.6 is 0 Å². The monoisotopic (exact) mass is 495 g/mol. The third-order valence-corrected chi connectivity index (χ3v) is 6.72. The first-order valence-electron chi connectivity index (χ1n) is 12.1. The molecule has 0 radical (unpaired) electrons.